The van der Waals surface area contributed by atoms with Gasteiger partial charge in [0.05, 0.1) is 16.1 Å². The van der Waals surface area contributed by atoms with Gasteiger partial charge in [-0.15, -0.1) is 11.8 Å². The van der Waals surface area contributed by atoms with Crippen molar-refractivity contribution in [3.63, 3.8) is 0 Å². The molecule has 2 N–H and O–H groups in total. The summed E-state index contributed by atoms with van der Waals surface area (Å²) in [5.41, 5.74) is 8.01. The lowest BCUT2D eigenvalue weighted by atomic mass is 10.3. The normalized spacial score (nSPS) is 11.2. The van der Waals surface area contributed by atoms with E-state index in [1.807, 2.05) is 36.4 Å². The molecule has 3 aromatic rings. The average molecular weight is 352 g/mol. The highest BCUT2D eigenvalue weighted by atomic mass is 35.5. The quantitative estimate of drug-likeness (QED) is 0.513. The van der Waals surface area contributed by atoms with Gasteiger partial charge < -0.3 is 10.3 Å². The Balaban J connectivity index is 1.62. The third kappa shape index (κ3) is 3.35. The number of imidazole rings is 1. The minimum absolute atomic E-state index is 0.565. The number of fused-ring (bicyclic) bond motifs is 1. The van der Waals surface area contributed by atoms with Gasteiger partial charge in [-0.1, -0.05) is 35.3 Å². The maximum atomic E-state index is 6.17. The Labute approximate surface area is 143 Å². The molecule has 0 saturated carbocycles. The van der Waals surface area contributed by atoms with Gasteiger partial charge in [-0.3, -0.25) is 0 Å². The highest BCUT2D eigenvalue weighted by Gasteiger charge is 2.07. The largest absolute Gasteiger partial charge is 0.369 e. The summed E-state index contributed by atoms with van der Waals surface area (Å²) in [7, 11) is 0. The van der Waals surface area contributed by atoms with Gasteiger partial charge in [0, 0.05) is 16.5 Å². The van der Waals surface area contributed by atoms with Crippen LogP contribution in [0.2, 0.25) is 10.0 Å². The fourth-order valence-corrected chi connectivity index (χ4v) is 3.75. The Kier molecular flexibility index (Phi) is 4.81. The Bertz CT molecular complexity index is 801. The molecular formula is C16H15Cl2N3S. The summed E-state index contributed by atoms with van der Waals surface area (Å²) in [6.45, 7) is 0.838. The van der Waals surface area contributed by atoms with Crippen LogP contribution in [0.1, 0.15) is 6.42 Å². The van der Waals surface area contributed by atoms with Gasteiger partial charge in [0.15, 0.2) is 0 Å². The zero-order valence-electron chi connectivity index (χ0n) is 11.8. The molecule has 22 heavy (non-hydrogen) atoms. The number of aromatic nitrogens is 2. The number of nitrogen functional groups attached to an aromatic ring is 1. The fourth-order valence-electron chi connectivity index (χ4n) is 2.33. The molecule has 3 rings (SSSR count). The molecule has 0 amide bonds. The van der Waals surface area contributed by atoms with Gasteiger partial charge in [-0.05, 0) is 42.5 Å². The molecule has 0 bridgehead atoms. The minimum atomic E-state index is 0.565. The summed E-state index contributed by atoms with van der Waals surface area (Å²) in [6, 6.07) is 13.6. The summed E-state index contributed by atoms with van der Waals surface area (Å²) in [6.07, 6.45) is 0.980. The van der Waals surface area contributed by atoms with E-state index in [0.717, 1.165) is 34.6 Å². The number of nitrogens with zero attached hydrogens (tertiary/aromatic N) is 2. The molecule has 0 radical (unpaired) electrons. The Hall–Kier alpha value is -1.36. The fraction of sp³-hybridized carbons (Fsp3) is 0.188. The molecule has 3 nitrogen and oxygen atoms in total. The van der Waals surface area contributed by atoms with Crippen LogP contribution in [0, 0.1) is 0 Å². The molecule has 0 aliphatic carbocycles. The summed E-state index contributed by atoms with van der Waals surface area (Å²) in [4.78, 5) is 5.42. The van der Waals surface area contributed by atoms with Crippen LogP contribution in [0.3, 0.4) is 0 Å². The van der Waals surface area contributed by atoms with Crippen LogP contribution in [-0.2, 0) is 6.54 Å². The van der Waals surface area contributed by atoms with Crippen LogP contribution in [0.4, 0.5) is 5.95 Å². The van der Waals surface area contributed by atoms with E-state index < -0.39 is 0 Å². The molecule has 1 aromatic heterocycles. The SMILES string of the molecule is Nc1nc2ccccc2n1CCCSc1ccc(Cl)cc1Cl. The topological polar surface area (TPSA) is 43.8 Å². The number of halogens is 2. The molecule has 0 atom stereocenters. The summed E-state index contributed by atoms with van der Waals surface area (Å²) >= 11 is 13.8. The first-order valence-corrected chi connectivity index (χ1v) is 8.68. The van der Waals surface area contributed by atoms with Crippen molar-refractivity contribution in [3.8, 4) is 0 Å². The number of rotatable bonds is 5. The number of nitrogens with two attached hydrogens (primary N) is 1. The Morgan fingerprint density at radius 1 is 1.14 bits per heavy atom. The zero-order valence-corrected chi connectivity index (χ0v) is 14.1. The lowest BCUT2D eigenvalue weighted by Gasteiger charge is -2.07. The summed E-state index contributed by atoms with van der Waals surface area (Å²) in [5.74, 6) is 1.52. The molecule has 0 unspecified atom stereocenters. The van der Waals surface area contributed by atoms with Gasteiger partial charge in [-0.2, -0.15) is 0 Å². The molecule has 114 valence electrons. The number of para-hydroxylation sites is 2. The Morgan fingerprint density at radius 3 is 2.77 bits per heavy atom. The molecule has 0 spiro atoms. The van der Waals surface area contributed by atoms with Crippen LogP contribution in [-0.4, -0.2) is 15.3 Å². The predicted molar refractivity (Wildman–Crippen MR) is 95.9 cm³/mol. The van der Waals surface area contributed by atoms with Gasteiger partial charge in [-0.25, -0.2) is 4.98 Å². The van der Waals surface area contributed by atoms with Crippen molar-refractivity contribution >= 4 is 51.9 Å². The van der Waals surface area contributed by atoms with E-state index in [0.29, 0.717) is 16.0 Å². The van der Waals surface area contributed by atoms with E-state index in [2.05, 4.69) is 9.55 Å². The predicted octanol–water partition coefficient (Wildman–Crippen LogP) is 5.11. The number of aryl methyl sites for hydroxylation is 1. The third-order valence-corrected chi connectivity index (χ3v) is 5.18. The van der Waals surface area contributed by atoms with Crippen LogP contribution < -0.4 is 5.73 Å². The van der Waals surface area contributed by atoms with E-state index in [-0.39, 0.29) is 0 Å². The van der Waals surface area contributed by atoms with E-state index in [9.17, 15) is 0 Å². The number of thioether (sulfide) groups is 1. The summed E-state index contributed by atoms with van der Waals surface area (Å²) in [5, 5.41) is 1.36. The molecule has 2 aromatic carbocycles. The van der Waals surface area contributed by atoms with Crippen molar-refractivity contribution in [3.05, 3.63) is 52.5 Å². The van der Waals surface area contributed by atoms with Crippen molar-refractivity contribution in [2.75, 3.05) is 11.5 Å². The van der Waals surface area contributed by atoms with E-state index >= 15 is 0 Å². The molecule has 0 aliphatic heterocycles. The van der Waals surface area contributed by atoms with Crippen molar-refractivity contribution in [2.24, 2.45) is 0 Å². The van der Waals surface area contributed by atoms with Gasteiger partial charge in [0.25, 0.3) is 0 Å². The minimum Gasteiger partial charge on any atom is -0.369 e. The van der Waals surface area contributed by atoms with Crippen LogP contribution >= 0.6 is 35.0 Å². The highest BCUT2D eigenvalue weighted by Crippen LogP contribution is 2.30. The summed E-state index contributed by atoms with van der Waals surface area (Å²) < 4.78 is 2.05. The maximum Gasteiger partial charge on any atom is 0.201 e. The average Bonchev–Trinajstić information content (AvgIpc) is 2.81. The highest BCUT2D eigenvalue weighted by molar-refractivity contribution is 7.99. The second-order valence-corrected chi connectivity index (χ2v) is 6.87. The zero-order chi connectivity index (χ0) is 15.5. The lowest BCUT2D eigenvalue weighted by Crippen LogP contribution is -2.04. The van der Waals surface area contributed by atoms with Crippen molar-refractivity contribution in [1.82, 2.24) is 9.55 Å². The van der Waals surface area contributed by atoms with Crippen LogP contribution in [0.15, 0.2) is 47.4 Å². The number of hydrogen-bond donors (Lipinski definition) is 1. The molecule has 0 fully saturated rings. The molecule has 0 aliphatic rings. The van der Waals surface area contributed by atoms with E-state index in [1.54, 1.807) is 17.8 Å². The first kappa shape index (κ1) is 15.5. The number of benzene rings is 2. The monoisotopic (exact) mass is 351 g/mol. The van der Waals surface area contributed by atoms with Crippen molar-refractivity contribution in [1.29, 1.82) is 0 Å². The van der Waals surface area contributed by atoms with E-state index in [1.165, 1.54) is 0 Å². The first-order valence-electron chi connectivity index (χ1n) is 6.94. The van der Waals surface area contributed by atoms with Gasteiger partial charge in [0.1, 0.15) is 0 Å². The molecule has 6 heteroatoms. The maximum absolute atomic E-state index is 6.17. The standard InChI is InChI=1S/C16H15Cl2N3S/c17-11-6-7-15(12(18)10-11)22-9-3-8-21-14-5-2-1-4-13(14)20-16(21)19/h1-2,4-7,10H,3,8-9H2,(H2,19,20). The first-order chi connectivity index (χ1) is 10.6. The van der Waals surface area contributed by atoms with Crippen molar-refractivity contribution < 1.29 is 0 Å². The molecule has 0 saturated heterocycles. The third-order valence-electron chi connectivity index (χ3n) is 3.36. The number of hydrogen-bond acceptors (Lipinski definition) is 3. The Morgan fingerprint density at radius 2 is 1.95 bits per heavy atom. The second kappa shape index (κ2) is 6.82. The number of anilines is 1. The second-order valence-electron chi connectivity index (χ2n) is 4.89. The lowest BCUT2D eigenvalue weighted by molar-refractivity contribution is 0.712. The molecule has 1 heterocycles. The van der Waals surface area contributed by atoms with Gasteiger partial charge in [0.2, 0.25) is 5.95 Å². The van der Waals surface area contributed by atoms with Gasteiger partial charge >= 0.3 is 0 Å². The smallest absolute Gasteiger partial charge is 0.201 e. The van der Waals surface area contributed by atoms with E-state index in [4.69, 9.17) is 28.9 Å². The van der Waals surface area contributed by atoms with Crippen LogP contribution in [0.25, 0.3) is 11.0 Å². The van der Waals surface area contributed by atoms with Crippen molar-refractivity contribution in [2.45, 2.75) is 17.9 Å². The van der Waals surface area contributed by atoms with Crippen LogP contribution in [0.5, 0.6) is 0 Å². The molecular weight excluding hydrogens is 337 g/mol.